The fourth-order valence-electron chi connectivity index (χ4n) is 3.76. The van der Waals surface area contributed by atoms with Gasteiger partial charge >= 0.3 is 5.69 Å². The summed E-state index contributed by atoms with van der Waals surface area (Å²) in [6, 6.07) is 4.95. The lowest BCUT2D eigenvalue weighted by Gasteiger charge is -2.19. The first-order chi connectivity index (χ1) is 14.8. The molecule has 0 atom stereocenters. The minimum absolute atomic E-state index is 0.0239. The van der Waals surface area contributed by atoms with Crippen molar-refractivity contribution in [1.82, 2.24) is 18.7 Å². The lowest BCUT2D eigenvalue weighted by Crippen LogP contribution is -2.42. The van der Waals surface area contributed by atoms with Crippen molar-refractivity contribution in [2.75, 3.05) is 23.9 Å². The molecular weight excluding hydrogens is 404 g/mol. The number of amides is 2. The van der Waals surface area contributed by atoms with E-state index in [0.717, 1.165) is 11.0 Å². The summed E-state index contributed by atoms with van der Waals surface area (Å²) >= 11 is 0. The number of methoxy groups -OCH3 is 1. The Morgan fingerprint density at radius 2 is 2.00 bits per heavy atom. The Bertz CT molecular complexity index is 1320. The van der Waals surface area contributed by atoms with Gasteiger partial charge in [-0.05, 0) is 18.6 Å². The molecule has 1 aromatic carbocycles. The van der Waals surface area contributed by atoms with Crippen LogP contribution in [-0.2, 0) is 30.2 Å². The first-order valence-electron chi connectivity index (χ1n) is 9.71. The van der Waals surface area contributed by atoms with E-state index < -0.39 is 23.7 Å². The molecule has 0 spiro atoms. The summed E-state index contributed by atoms with van der Waals surface area (Å²) in [6.07, 6.45) is 2.71. The van der Waals surface area contributed by atoms with Crippen molar-refractivity contribution >= 4 is 34.4 Å². The number of anilines is 2. The zero-order valence-electron chi connectivity index (χ0n) is 17.4. The Kier molecular flexibility index (Phi) is 5.09. The van der Waals surface area contributed by atoms with Crippen LogP contribution in [0.3, 0.4) is 0 Å². The van der Waals surface area contributed by atoms with Gasteiger partial charge in [-0.25, -0.2) is 14.3 Å². The summed E-state index contributed by atoms with van der Waals surface area (Å²) in [6.45, 7) is 0.158. The number of benzene rings is 1. The number of carbonyl (C=O) groups is 2. The zero-order chi connectivity index (χ0) is 22.3. The summed E-state index contributed by atoms with van der Waals surface area (Å²) in [5.74, 6) is -0.0823. The van der Waals surface area contributed by atoms with Gasteiger partial charge in [0.1, 0.15) is 12.3 Å². The number of nitrogens with one attached hydrogen (secondary N) is 1. The van der Waals surface area contributed by atoms with Gasteiger partial charge in [-0.3, -0.25) is 19.0 Å². The molecule has 0 aliphatic carbocycles. The third kappa shape index (κ3) is 3.47. The number of hydrogen-bond acceptors (Lipinski definition) is 6. The predicted octanol–water partition coefficient (Wildman–Crippen LogP) is 0.208. The fourth-order valence-corrected chi connectivity index (χ4v) is 3.76. The van der Waals surface area contributed by atoms with Crippen molar-refractivity contribution in [2.24, 2.45) is 14.1 Å². The van der Waals surface area contributed by atoms with E-state index in [4.69, 9.17) is 4.74 Å². The highest BCUT2D eigenvalue weighted by atomic mass is 16.5. The van der Waals surface area contributed by atoms with Crippen molar-refractivity contribution in [3.63, 3.8) is 0 Å². The van der Waals surface area contributed by atoms with E-state index in [1.54, 1.807) is 30.1 Å². The molecule has 11 nitrogen and oxygen atoms in total. The lowest BCUT2D eigenvalue weighted by atomic mass is 10.2. The Morgan fingerprint density at radius 3 is 2.68 bits per heavy atom. The Balaban J connectivity index is 1.60. The predicted molar refractivity (Wildman–Crippen MR) is 113 cm³/mol. The average Bonchev–Trinajstić information content (AvgIpc) is 3.35. The van der Waals surface area contributed by atoms with Crippen LogP contribution in [0.15, 0.2) is 34.1 Å². The first kappa shape index (κ1) is 20.4. The van der Waals surface area contributed by atoms with Gasteiger partial charge in [0.05, 0.1) is 19.1 Å². The third-order valence-corrected chi connectivity index (χ3v) is 5.33. The second-order valence-corrected chi connectivity index (χ2v) is 7.34. The quantitative estimate of drug-likeness (QED) is 0.623. The second-order valence-electron chi connectivity index (χ2n) is 7.34. The third-order valence-electron chi connectivity index (χ3n) is 5.33. The maximum atomic E-state index is 12.7. The smallest absolute Gasteiger partial charge is 0.332 e. The molecule has 0 saturated carbocycles. The van der Waals surface area contributed by atoms with E-state index in [2.05, 4.69) is 10.3 Å². The van der Waals surface area contributed by atoms with Gasteiger partial charge in [-0.2, -0.15) is 0 Å². The molecule has 31 heavy (non-hydrogen) atoms. The monoisotopic (exact) mass is 426 g/mol. The molecule has 2 amide bonds. The molecule has 1 saturated heterocycles. The number of rotatable bonds is 5. The van der Waals surface area contributed by atoms with Crippen molar-refractivity contribution in [3.05, 3.63) is 45.4 Å². The zero-order valence-corrected chi connectivity index (χ0v) is 17.4. The standard InChI is InChI=1S/C20H22N6O5/c1-23-11-21-18-17(23)19(29)26(20(30)24(18)2)10-15(27)22-12-6-7-13(14(9-12)31-3)25-8-4-5-16(25)28/h6-7,9,11H,4-5,8,10H2,1-3H3,(H,22,27). The maximum Gasteiger partial charge on any atom is 0.332 e. The summed E-state index contributed by atoms with van der Waals surface area (Å²) in [5.41, 5.74) is 0.321. The lowest BCUT2D eigenvalue weighted by molar-refractivity contribution is -0.117. The van der Waals surface area contributed by atoms with E-state index >= 15 is 0 Å². The molecule has 0 unspecified atom stereocenters. The van der Waals surface area contributed by atoms with Crippen molar-refractivity contribution in [3.8, 4) is 5.75 Å². The summed E-state index contributed by atoms with van der Waals surface area (Å²) in [7, 11) is 4.62. The average molecular weight is 426 g/mol. The van der Waals surface area contributed by atoms with Crippen LogP contribution in [0.5, 0.6) is 5.75 Å². The molecule has 4 rings (SSSR count). The van der Waals surface area contributed by atoms with Crippen molar-refractivity contribution in [2.45, 2.75) is 19.4 Å². The molecule has 11 heteroatoms. The molecule has 2 aromatic heterocycles. The minimum Gasteiger partial charge on any atom is -0.494 e. The van der Waals surface area contributed by atoms with Gasteiger partial charge in [0.25, 0.3) is 5.56 Å². The molecular formula is C20H22N6O5. The van der Waals surface area contributed by atoms with Gasteiger partial charge in [0, 0.05) is 38.8 Å². The van der Waals surface area contributed by atoms with Crippen LogP contribution in [0.4, 0.5) is 11.4 Å². The minimum atomic E-state index is -0.633. The summed E-state index contributed by atoms with van der Waals surface area (Å²) < 4.78 is 9.00. The van der Waals surface area contributed by atoms with Crippen LogP contribution in [0, 0.1) is 0 Å². The normalized spacial score (nSPS) is 13.8. The molecule has 3 aromatic rings. The van der Waals surface area contributed by atoms with Crippen LogP contribution in [-0.4, -0.2) is 44.2 Å². The number of nitrogens with zero attached hydrogens (tertiary/aromatic N) is 5. The van der Waals surface area contributed by atoms with Crippen LogP contribution in [0.1, 0.15) is 12.8 Å². The summed E-state index contributed by atoms with van der Waals surface area (Å²) in [4.78, 5) is 55.7. The van der Waals surface area contributed by atoms with E-state index in [9.17, 15) is 19.2 Å². The molecule has 1 fully saturated rings. The highest BCUT2D eigenvalue weighted by Gasteiger charge is 2.25. The van der Waals surface area contributed by atoms with Gasteiger partial charge < -0.3 is 19.5 Å². The van der Waals surface area contributed by atoms with Crippen LogP contribution < -0.4 is 26.2 Å². The number of carbonyl (C=O) groups excluding carboxylic acids is 2. The number of fused-ring (bicyclic) bond motifs is 1. The van der Waals surface area contributed by atoms with E-state index in [1.165, 1.54) is 29.6 Å². The highest BCUT2D eigenvalue weighted by Crippen LogP contribution is 2.33. The number of hydrogen-bond donors (Lipinski definition) is 1. The Morgan fingerprint density at radius 1 is 1.23 bits per heavy atom. The molecule has 162 valence electrons. The summed E-state index contributed by atoms with van der Waals surface area (Å²) in [5, 5.41) is 2.67. The van der Waals surface area contributed by atoms with Crippen LogP contribution in [0.2, 0.25) is 0 Å². The molecule has 1 aliphatic rings. The topological polar surface area (TPSA) is 120 Å². The van der Waals surface area contributed by atoms with Crippen molar-refractivity contribution < 1.29 is 14.3 Å². The highest BCUT2D eigenvalue weighted by molar-refractivity contribution is 5.98. The SMILES string of the molecule is COc1cc(NC(=O)Cn2c(=O)c3c(ncn3C)n(C)c2=O)ccc1N1CCCC1=O. The van der Waals surface area contributed by atoms with Crippen LogP contribution in [0.25, 0.3) is 11.2 Å². The van der Waals surface area contributed by atoms with Crippen LogP contribution >= 0.6 is 0 Å². The van der Waals surface area contributed by atoms with Crippen molar-refractivity contribution in [1.29, 1.82) is 0 Å². The first-order valence-corrected chi connectivity index (χ1v) is 9.71. The maximum absolute atomic E-state index is 12.7. The molecule has 1 N–H and O–H groups in total. The largest absolute Gasteiger partial charge is 0.494 e. The number of aromatic nitrogens is 4. The molecule has 1 aliphatic heterocycles. The molecule has 0 bridgehead atoms. The second kappa shape index (κ2) is 7.74. The molecule has 0 radical (unpaired) electrons. The van der Waals surface area contributed by atoms with E-state index in [0.29, 0.717) is 30.1 Å². The van der Waals surface area contributed by atoms with Gasteiger partial charge in [0.2, 0.25) is 11.8 Å². The number of ether oxygens (including phenoxy) is 1. The van der Waals surface area contributed by atoms with E-state index in [1.807, 2.05) is 0 Å². The van der Waals surface area contributed by atoms with Gasteiger partial charge in [-0.15, -0.1) is 0 Å². The number of imidazole rings is 1. The number of aryl methyl sites for hydroxylation is 2. The Labute approximate surface area is 176 Å². The fraction of sp³-hybridized carbons (Fsp3) is 0.350. The van der Waals surface area contributed by atoms with Gasteiger partial charge in [0.15, 0.2) is 11.2 Å². The molecule has 3 heterocycles. The Hall–Kier alpha value is -3.89. The van der Waals surface area contributed by atoms with Gasteiger partial charge in [-0.1, -0.05) is 0 Å². The van der Waals surface area contributed by atoms with E-state index in [-0.39, 0.29) is 17.1 Å².